The number of hydrogen-bond donors (Lipinski definition) is 1. The highest BCUT2D eigenvalue weighted by molar-refractivity contribution is 5.77. The maximum absolute atomic E-state index is 13.3. The molecule has 0 aromatic heterocycles. The van der Waals surface area contributed by atoms with Gasteiger partial charge in [0.05, 0.1) is 11.7 Å². The first-order valence-corrected chi connectivity index (χ1v) is 13.3. The number of carbonyl (C=O) groups excluding carboxylic acids is 1. The molecule has 0 bridgehead atoms. The highest BCUT2D eigenvalue weighted by Crippen LogP contribution is 2.40. The van der Waals surface area contributed by atoms with Crippen LogP contribution in [0.25, 0.3) is 0 Å². The fourth-order valence-corrected chi connectivity index (χ4v) is 5.09. The second-order valence-corrected chi connectivity index (χ2v) is 10.3. The number of carbonyl (C=O) groups is 1. The van der Waals surface area contributed by atoms with E-state index in [1.165, 1.54) is 5.56 Å². The van der Waals surface area contributed by atoms with Crippen molar-refractivity contribution in [1.29, 1.82) is 0 Å². The third-order valence-electron chi connectivity index (χ3n) is 7.37. The van der Waals surface area contributed by atoms with Gasteiger partial charge in [0, 0.05) is 44.1 Å². The van der Waals surface area contributed by atoms with Gasteiger partial charge in [0.1, 0.15) is 12.4 Å². The van der Waals surface area contributed by atoms with Crippen LogP contribution in [0.15, 0.2) is 42.5 Å². The molecular formula is C28H33F6N3O3. The van der Waals surface area contributed by atoms with E-state index < -0.39 is 23.9 Å². The number of hydrogen-bond acceptors (Lipinski definition) is 5. The second kappa shape index (κ2) is 12.6. The number of benzene rings is 2. The molecule has 0 spiro atoms. The molecule has 12 heteroatoms. The number of piperazine rings is 1. The van der Waals surface area contributed by atoms with Crippen molar-refractivity contribution in [2.45, 2.75) is 51.2 Å². The van der Waals surface area contributed by atoms with Crippen molar-refractivity contribution >= 4 is 17.3 Å². The van der Waals surface area contributed by atoms with Gasteiger partial charge in [-0.2, -0.15) is 13.2 Å². The first kappa shape index (κ1) is 29.8. The lowest BCUT2D eigenvalue weighted by molar-refractivity contribution is -0.276. The Balaban J connectivity index is 1.17. The Morgan fingerprint density at radius 1 is 0.925 bits per heavy atom. The first-order chi connectivity index (χ1) is 18.9. The second-order valence-electron chi connectivity index (χ2n) is 10.3. The van der Waals surface area contributed by atoms with E-state index in [0.29, 0.717) is 44.6 Å². The molecule has 2 aromatic rings. The number of halogens is 6. The van der Waals surface area contributed by atoms with Gasteiger partial charge >= 0.3 is 12.5 Å². The lowest BCUT2D eigenvalue weighted by Gasteiger charge is -2.36. The van der Waals surface area contributed by atoms with E-state index in [0.717, 1.165) is 37.7 Å². The van der Waals surface area contributed by atoms with Gasteiger partial charge in [-0.3, -0.25) is 4.79 Å². The fraction of sp³-hybridized carbons (Fsp3) is 0.536. The van der Waals surface area contributed by atoms with Crippen LogP contribution >= 0.6 is 0 Å². The highest BCUT2D eigenvalue weighted by Gasteiger charge is 2.39. The molecule has 0 radical (unpaired) electrons. The van der Waals surface area contributed by atoms with Crippen molar-refractivity contribution in [3.05, 3.63) is 53.6 Å². The van der Waals surface area contributed by atoms with Crippen molar-refractivity contribution in [1.82, 2.24) is 4.90 Å². The number of alkyl halides is 6. The molecule has 0 unspecified atom stereocenters. The van der Waals surface area contributed by atoms with Crippen molar-refractivity contribution in [2.24, 2.45) is 5.92 Å². The van der Waals surface area contributed by atoms with E-state index in [9.17, 15) is 31.1 Å². The summed E-state index contributed by atoms with van der Waals surface area (Å²) >= 11 is 0. The summed E-state index contributed by atoms with van der Waals surface area (Å²) in [6.07, 6.45) is -7.36. The van der Waals surface area contributed by atoms with Crippen LogP contribution in [-0.4, -0.2) is 62.6 Å². The molecule has 40 heavy (non-hydrogen) atoms. The predicted octanol–water partition coefficient (Wildman–Crippen LogP) is 6.25. The lowest BCUT2D eigenvalue weighted by atomic mass is 9.87. The molecule has 1 aliphatic carbocycles. The fourth-order valence-electron chi connectivity index (χ4n) is 5.09. The van der Waals surface area contributed by atoms with Crippen LogP contribution in [0, 0.1) is 12.8 Å². The summed E-state index contributed by atoms with van der Waals surface area (Å²) in [5.74, 6) is -1.16. The van der Waals surface area contributed by atoms with Crippen LogP contribution in [0.1, 0.15) is 36.8 Å². The summed E-state index contributed by atoms with van der Waals surface area (Å²) in [6.45, 7) is 5.22. The number of ether oxygens (including phenoxy) is 2. The molecule has 6 nitrogen and oxygen atoms in total. The number of rotatable bonds is 8. The van der Waals surface area contributed by atoms with Crippen molar-refractivity contribution in [3.8, 4) is 5.75 Å². The Kier molecular flexibility index (Phi) is 9.37. The van der Waals surface area contributed by atoms with Gasteiger partial charge in [-0.15, -0.1) is 13.2 Å². The Morgan fingerprint density at radius 3 is 2.17 bits per heavy atom. The number of anilines is 2. The molecule has 1 aliphatic heterocycles. The van der Waals surface area contributed by atoms with E-state index >= 15 is 0 Å². The largest absolute Gasteiger partial charge is 0.573 e. The Bertz CT molecular complexity index is 1120. The van der Waals surface area contributed by atoms with Crippen molar-refractivity contribution < 1.29 is 40.6 Å². The molecule has 2 aromatic carbocycles. The zero-order valence-electron chi connectivity index (χ0n) is 22.2. The van der Waals surface area contributed by atoms with Crippen molar-refractivity contribution in [3.63, 3.8) is 0 Å². The van der Waals surface area contributed by atoms with Crippen LogP contribution in [0.2, 0.25) is 0 Å². The van der Waals surface area contributed by atoms with Gasteiger partial charge in [0.25, 0.3) is 0 Å². The molecule has 1 saturated carbocycles. The van der Waals surface area contributed by atoms with Crippen LogP contribution < -0.4 is 15.0 Å². The first-order valence-electron chi connectivity index (χ1n) is 13.3. The maximum Gasteiger partial charge on any atom is 0.573 e. The lowest BCUT2D eigenvalue weighted by Crippen LogP contribution is -2.50. The van der Waals surface area contributed by atoms with E-state index in [2.05, 4.69) is 39.2 Å². The van der Waals surface area contributed by atoms with Gasteiger partial charge in [-0.05, 0) is 68.9 Å². The Labute approximate surface area is 229 Å². The molecule has 1 N–H and O–H groups in total. The van der Waals surface area contributed by atoms with E-state index in [-0.39, 0.29) is 30.2 Å². The SMILES string of the molecule is Cc1ccc(N2CCN(C(=O)COC3CCC(CNc4ccc(OC(F)(F)F)c(C(F)(F)F)c4)CC3)CC2)cc1. The number of aryl methyl sites for hydroxylation is 1. The third kappa shape index (κ3) is 8.42. The highest BCUT2D eigenvalue weighted by atomic mass is 19.4. The maximum atomic E-state index is 13.3. The average Bonchev–Trinajstić information content (AvgIpc) is 2.91. The summed E-state index contributed by atoms with van der Waals surface area (Å²) in [5.41, 5.74) is 0.919. The van der Waals surface area contributed by atoms with Gasteiger partial charge in [-0.25, -0.2) is 0 Å². The summed E-state index contributed by atoms with van der Waals surface area (Å²) < 4.78 is 86.6. The quantitative estimate of drug-likeness (QED) is 0.379. The predicted molar refractivity (Wildman–Crippen MR) is 138 cm³/mol. The molecule has 2 aliphatic rings. The minimum atomic E-state index is -5.23. The molecular weight excluding hydrogens is 540 g/mol. The summed E-state index contributed by atoms with van der Waals surface area (Å²) in [7, 11) is 0. The topological polar surface area (TPSA) is 54.0 Å². The minimum absolute atomic E-state index is 0.0185. The molecule has 4 rings (SSSR count). The Morgan fingerprint density at radius 2 is 1.57 bits per heavy atom. The Hall–Kier alpha value is -3.15. The van der Waals surface area contributed by atoms with Gasteiger partial charge in [0.15, 0.2) is 0 Å². The number of nitrogens with zero attached hydrogens (tertiary/aromatic N) is 2. The minimum Gasteiger partial charge on any atom is -0.405 e. The van der Waals surface area contributed by atoms with Crippen LogP contribution in [-0.2, 0) is 15.7 Å². The van der Waals surface area contributed by atoms with Crippen molar-refractivity contribution in [2.75, 3.05) is 49.5 Å². The molecule has 0 atom stereocenters. The van der Waals surface area contributed by atoms with Gasteiger partial charge in [0.2, 0.25) is 5.91 Å². The van der Waals surface area contributed by atoms with Crippen LogP contribution in [0.5, 0.6) is 5.75 Å². The number of nitrogens with one attached hydrogen (secondary N) is 1. The monoisotopic (exact) mass is 573 g/mol. The molecule has 1 heterocycles. The summed E-state index contributed by atoms with van der Waals surface area (Å²) in [5, 5.41) is 2.90. The molecule has 1 amide bonds. The normalized spacial score (nSPS) is 20.4. The standard InChI is InChI=1S/C28H33F6N3O3/c1-19-2-7-22(8-3-19)36-12-14-37(15-13-36)26(38)18-39-23-9-4-20(5-10-23)17-35-21-6-11-25(40-28(32,33)34)24(16-21)27(29,30)31/h2-3,6-8,11,16,20,23,35H,4-5,9-10,12-15,17-18H2,1H3. The smallest absolute Gasteiger partial charge is 0.405 e. The van der Waals surface area contributed by atoms with Crippen LogP contribution in [0.3, 0.4) is 0 Å². The van der Waals surface area contributed by atoms with E-state index in [4.69, 9.17) is 4.74 Å². The third-order valence-corrected chi connectivity index (χ3v) is 7.37. The average molecular weight is 574 g/mol. The number of amides is 1. The van der Waals surface area contributed by atoms with Crippen LogP contribution in [0.4, 0.5) is 37.7 Å². The molecule has 1 saturated heterocycles. The molecule has 2 fully saturated rings. The summed E-state index contributed by atoms with van der Waals surface area (Å²) in [6, 6.07) is 10.8. The van der Waals surface area contributed by atoms with Gasteiger partial charge in [-0.1, -0.05) is 17.7 Å². The van der Waals surface area contributed by atoms with E-state index in [1.807, 2.05) is 11.8 Å². The van der Waals surface area contributed by atoms with E-state index in [1.54, 1.807) is 0 Å². The summed E-state index contributed by atoms with van der Waals surface area (Å²) in [4.78, 5) is 16.7. The molecule has 220 valence electrons. The zero-order chi connectivity index (χ0) is 28.9. The van der Waals surface area contributed by atoms with Gasteiger partial charge < -0.3 is 24.6 Å². The zero-order valence-corrected chi connectivity index (χ0v) is 22.2.